The minimum Gasteiger partial charge on any atom is -0.342 e. The fourth-order valence-corrected chi connectivity index (χ4v) is 4.14. The number of hydrogen-bond donors (Lipinski definition) is 2. The molecule has 0 unspecified atom stereocenters. The van der Waals surface area contributed by atoms with Crippen molar-refractivity contribution >= 4 is 39.6 Å². The van der Waals surface area contributed by atoms with Crippen molar-refractivity contribution in [1.82, 2.24) is 5.32 Å². The summed E-state index contributed by atoms with van der Waals surface area (Å²) in [4.78, 5) is 26.0. The zero-order valence-corrected chi connectivity index (χ0v) is 14.7. The molecule has 0 saturated carbocycles. The molecule has 25 heavy (non-hydrogen) atoms. The van der Waals surface area contributed by atoms with E-state index < -0.39 is 0 Å². The van der Waals surface area contributed by atoms with Crippen molar-refractivity contribution in [2.45, 2.75) is 19.8 Å². The summed E-state index contributed by atoms with van der Waals surface area (Å²) in [6.45, 7) is 1.91. The summed E-state index contributed by atoms with van der Waals surface area (Å²) in [5, 5.41) is 7.94. The first-order valence-electron chi connectivity index (χ1n) is 8.30. The lowest BCUT2D eigenvalue weighted by molar-refractivity contribution is -0.115. The number of carbonyl (C=O) groups is 2. The van der Waals surface area contributed by atoms with Crippen molar-refractivity contribution < 1.29 is 9.59 Å². The Labute approximate surface area is 149 Å². The molecule has 2 aromatic carbocycles. The van der Waals surface area contributed by atoms with Crippen LogP contribution in [0.4, 0.5) is 5.69 Å². The van der Waals surface area contributed by atoms with Crippen molar-refractivity contribution in [1.29, 1.82) is 0 Å². The summed E-state index contributed by atoms with van der Waals surface area (Å²) in [6, 6.07) is 13.9. The molecule has 0 aliphatic heterocycles. The molecule has 2 amide bonds. The Morgan fingerprint density at radius 2 is 1.84 bits per heavy atom. The molecule has 1 aromatic heterocycles. The maximum atomic E-state index is 12.3. The average molecular weight is 350 g/mol. The van der Waals surface area contributed by atoms with E-state index in [-0.39, 0.29) is 18.4 Å². The highest BCUT2D eigenvalue weighted by molar-refractivity contribution is 7.13. The lowest BCUT2D eigenvalue weighted by Gasteiger charge is -2.11. The van der Waals surface area contributed by atoms with Gasteiger partial charge in [0.25, 0.3) is 5.91 Å². The number of nitrogens with one attached hydrogen (secondary N) is 2. The maximum absolute atomic E-state index is 12.3. The summed E-state index contributed by atoms with van der Waals surface area (Å²) in [7, 11) is 0. The third-order valence-electron chi connectivity index (χ3n) is 4.52. The van der Waals surface area contributed by atoms with E-state index >= 15 is 0 Å². The van der Waals surface area contributed by atoms with E-state index in [1.807, 2.05) is 31.2 Å². The SMILES string of the molecule is Cc1ccc(C(=O)NCC(=O)Nc2ccc3c4c(cccc24)CC3)s1. The zero-order chi connectivity index (χ0) is 17.4. The minimum atomic E-state index is -0.222. The first kappa shape index (κ1) is 15.8. The van der Waals surface area contributed by atoms with Gasteiger partial charge < -0.3 is 10.6 Å². The van der Waals surface area contributed by atoms with E-state index in [1.165, 1.54) is 27.8 Å². The zero-order valence-electron chi connectivity index (χ0n) is 13.9. The van der Waals surface area contributed by atoms with Gasteiger partial charge in [-0.3, -0.25) is 9.59 Å². The molecule has 1 aliphatic rings. The van der Waals surface area contributed by atoms with Crippen LogP contribution in [0, 0.1) is 6.92 Å². The van der Waals surface area contributed by atoms with Crippen LogP contribution in [-0.4, -0.2) is 18.4 Å². The Morgan fingerprint density at radius 3 is 2.60 bits per heavy atom. The van der Waals surface area contributed by atoms with Gasteiger partial charge in [-0.1, -0.05) is 24.3 Å². The van der Waals surface area contributed by atoms with Crippen LogP contribution < -0.4 is 10.6 Å². The summed E-state index contributed by atoms with van der Waals surface area (Å²) < 4.78 is 0. The largest absolute Gasteiger partial charge is 0.342 e. The summed E-state index contributed by atoms with van der Waals surface area (Å²) in [6.07, 6.45) is 2.11. The van der Waals surface area contributed by atoms with Gasteiger partial charge in [0.2, 0.25) is 5.91 Å². The Morgan fingerprint density at radius 1 is 1.04 bits per heavy atom. The van der Waals surface area contributed by atoms with E-state index in [1.54, 1.807) is 6.07 Å². The van der Waals surface area contributed by atoms with Crippen molar-refractivity contribution in [2.24, 2.45) is 0 Å². The van der Waals surface area contributed by atoms with Crippen LogP contribution in [0.5, 0.6) is 0 Å². The second kappa shape index (κ2) is 6.33. The fourth-order valence-electron chi connectivity index (χ4n) is 3.35. The van der Waals surface area contributed by atoms with Crippen molar-refractivity contribution in [3.63, 3.8) is 0 Å². The Kier molecular flexibility index (Phi) is 4.01. The molecular formula is C20H18N2O2S. The summed E-state index contributed by atoms with van der Waals surface area (Å²) >= 11 is 1.42. The minimum absolute atomic E-state index is 0.0429. The topological polar surface area (TPSA) is 58.2 Å². The Bertz CT molecular complexity index is 980. The molecule has 4 rings (SSSR count). The predicted molar refractivity (Wildman–Crippen MR) is 101 cm³/mol. The van der Waals surface area contributed by atoms with Gasteiger partial charge in [-0.25, -0.2) is 0 Å². The van der Waals surface area contributed by atoms with Crippen LogP contribution in [0.3, 0.4) is 0 Å². The Hall–Kier alpha value is -2.66. The smallest absolute Gasteiger partial charge is 0.261 e. The molecule has 0 bridgehead atoms. The van der Waals surface area contributed by atoms with Gasteiger partial charge in [0, 0.05) is 16.0 Å². The van der Waals surface area contributed by atoms with Crippen LogP contribution in [0.25, 0.3) is 10.8 Å². The van der Waals surface area contributed by atoms with Gasteiger partial charge in [0.05, 0.1) is 11.4 Å². The quantitative estimate of drug-likeness (QED) is 0.754. The second-order valence-corrected chi connectivity index (χ2v) is 7.54. The Balaban J connectivity index is 1.47. The molecule has 126 valence electrons. The van der Waals surface area contributed by atoms with Gasteiger partial charge in [0.1, 0.15) is 0 Å². The molecule has 0 atom stereocenters. The van der Waals surface area contributed by atoms with E-state index in [0.717, 1.165) is 28.8 Å². The van der Waals surface area contributed by atoms with Gasteiger partial charge in [-0.05, 0) is 54.5 Å². The van der Waals surface area contributed by atoms with Crippen LogP contribution in [0.1, 0.15) is 25.7 Å². The van der Waals surface area contributed by atoms with Crippen LogP contribution in [0.2, 0.25) is 0 Å². The van der Waals surface area contributed by atoms with E-state index in [4.69, 9.17) is 0 Å². The molecule has 0 fully saturated rings. The van der Waals surface area contributed by atoms with Crippen LogP contribution in [-0.2, 0) is 17.6 Å². The normalized spacial score (nSPS) is 12.4. The highest BCUT2D eigenvalue weighted by Crippen LogP contribution is 2.34. The van der Waals surface area contributed by atoms with Crippen molar-refractivity contribution in [2.75, 3.05) is 11.9 Å². The van der Waals surface area contributed by atoms with E-state index in [2.05, 4.69) is 22.8 Å². The summed E-state index contributed by atoms with van der Waals surface area (Å²) in [5.41, 5.74) is 3.48. The van der Waals surface area contributed by atoms with Crippen molar-refractivity contribution in [3.05, 3.63) is 63.3 Å². The average Bonchev–Trinajstić information content (AvgIpc) is 3.23. The van der Waals surface area contributed by atoms with Crippen molar-refractivity contribution in [3.8, 4) is 0 Å². The molecule has 0 radical (unpaired) electrons. The molecular weight excluding hydrogens is 332 g/mol. The maximum Gasteiger partial charge on any atom is 0.261 e. The number of carbonyl (C=O) groups excluding carboxylic acids is 2. The third kappa shape index (κ3) is 3.03. The highest BCUT2D eigenvalue weighted by atomic mass is 32.1. The number of rotatable bonds is 4. The lowest BCUT2D eigenvalue weighted by atomic mass is 10.0. The monoisotopic (exact) mass is 350 g/mol. The van der Waals surface area contributed by atoms with Gasteiger partial charge in [0.15, 0.2) is 0 Å². The van der Waals surface area contributed by atoms with Crippen LogP contribution in [0.15, 0.2) is 42.5 Å². The lowest BCUT2D eigenvalue weighted by Crippen LogP contribution is -2.32. The molecule has 0 spiro atoms. The number of anilines is 1. The van der Waals surface area contributed by atoms with Gasteiger partial charge in [-0.15, -0.1) is 11.3 Å². The molecule has 4 nitrogen and oxygen atoms in total. The molecule has 1 heterocycles. The highest BCUT2D eigenvalue weighted by Gasteiger charge is 2.17. The number of benzene rings is 2. The third-order valence-corrected chi connectivity index (χ3v) is 5.52. The van der Waals surface area contributed by atoms with Crippen LogP contribution >= 0.6 is 11.3 Å². The predicted octanol–water partition coefficient (Wildman–Crippen LogP) is 3.68. The first-order chi connectivity index (χ1) is 12.1. The standard InChI is InChI=1S/C20H18N2O2S/c1-12-5-10-17(25-12)20(24)21-11-18(23)22-16-9-8-14-7-6-13-3-2-4-15(16)19(13)14/h2-5,8-10H,6-7,11H2,1H3,(H,21,24)(H,22,23). The number of hydrogen-bond acceptors (Lipinski definition) is 3. The van der Waals surface area contributed by atoms with E-state index in [9.17, 15) is 9.59 Å². The molecule has 2 N–H and O–H groups in total. The number of thiophene rings is 1. The van der Waals surface area contributed by atoms with Gasteiger partial charge in [-0.2, -0.15) is 0 Å². The summed E-state index contributed by atoms with van der Waals surface area (Å²) in [5.74, 6) is -0.436. The van der Waals surface area contributed by atoms with Gasteiger partial charge >= 0.3 is 0 Å². The first-order valence-corrected chi connectivity index (χ1v) is 9.11. The molecule has 1 aliphatic carbocycles. The number of amides is 2. The number of aryl methyl sites for hydroxylation is 3. The molecule has 5 heteroatoms. The second-order valence-electron chi connectivity index (χ2n) is 6.25. The van der Waals surface area contributed by atoms with E-state index in [0.29, 0.717) is 4.88 Å². The molecule has 3 aromatic rings. The molecule has 0 saturated heterocycles. The fraction of sp³-hybridized carbons (Fsp3) is 0.200.